The second-order valence-corrected chi connectivity index (χ2v) is 16.3. The third kappa shape index (κ3) is 7.31. The lowest BCUT2D eigenvalue weighted by Gasteiger charge is -2.23. The normalized spacial score (nSPS) is 13.3. The number of carbonyl (C=O) groups is 3. The minimum absolute atomic E-state index is 0.110. The molecule has 0 bridgehead atoms. The Morgan fingerprint density at radius 3 is 1.81 bits per heavy atom. The van der Waals surface area contributed by atoms with Crippen LogP contribution in [0.25, 0.3) is 50.8 Å². The highest BCUT2D eigenvalue weighted by Gasteiger charge is 2.28. The first kappa shape index (κ1) is 34.7. The third-order valence-electron chi connectivity index (χ3n) is 9.57. The molecule has 3 aromatic heterocycles. The van der Waals surface area contributed by atoms with Crippen LogP contribution in [-0.4, -0.2) is 41.0 Å². The standard InChI is InChI=1S/C43H35N3O4S3/c44-31(41(47)45-32(22-25-7-3-1-4-8-25)42(48)46-33(43(49)50)23-26-9-5-2-6-10-26)21-27-11-13-28(14-12-27)38-24-30-35(52-38)16-18-37-40(30)39-29-19-20-51-34(29)15-17-36(39)53-37/h1-20,24,31-33H,21-23,44H2,(H,45,47)(H,46,48)(H,49,50)/t31-,32+,33+/m0/s1. The Kier molecular flexibility index (Phi) is 9.76. The van der Waals surface area contributed by atoms with Crippen molar-refractivity contribution in [1.82, 2.24) is 10.6 Å². The highest BCUT2D eigenvalue weighted by Crippen LogP contribution is 2.46. The molecule has 10 heteroatoms. The van der Waals surface area contributed by atoms with Gasteiger partial charge in [0.2, 0.25) is 11.8 Å². The molecule has 3 atom stereocenters. The zero-order valence-electron chi connectivity index (χ0n) is 28.5. The van der Waals surface area contributed by atoms with Gasteiger partial charge in [0.05, 0.1) is 6.04 Å². The number of amides is 2. The summed E-state index contributed by atoms with van der Waals surface area (Å²) in [5.74, 6) is -2.23. The topological polar surface area (TPSA) is 122 Å². The van der Waals surface area contributed by atoms with Gasteiger partial charge in [-0.2, -0.15) is 0 Å². The first-order valence-corrected chi connectivity index (χ1v) is 19.8. The Morgan fingerprint density at radius 2 is 1.15 bits per heavy atom. The quantitative estimate of drug-likeness (QED) is 0.0997. The van der Waals surface area contributed by atoms with E-state index in [-0.39, 0.29) is 19.3 Å². The Bertz CT molecular complexity index is 2590. The fraction of sp³-hybridized carbons (Fsp3) is 0.140. The molecule has 0 aliphatic carbocycles. The molecule has 0 aliphatic heterocycles. The van der Waals surface area contributed by atoms with Crippen molar-refractivity contribution in [3.05, 3.63) is 143 Å². The Balaban J connectivity index is 0.977. The molecule has 0 spiro atoms. The van der Waals surface area contributed by atoms with Crippen LogP contribution < -0.4 is 16.4 Å². The second-order valence-electron chi connectivity index (χ2n) is 13.2. The number of benzene rings is 5. The van der Waals surface area contributed by atoms with Crippen LogP contribution in [0.4, 0.5) is 0 Å². The lowest BCUT2D eigenvalue weighted by molar-refractivity contribution is -0.142. The van der Waals surface area contributed by atoms with Gasteiger partial charge >= 0.3 is 5.97 Å². The summed E-state index contributed by atoms with van der Waals surface area (Å²) >= 11 is 5.38. The molecular formula is C43H35N3O4S3. The van der Waals surface area contributed by atoms with Crippen LogP contribution in [-0.2, 0) is 33.6 Å². The number of rotatable bonds is 12. The molecule has 0 unspecified atom stereocenters. The highest BCUT2D eigenvalue weighted by molar-refractivity contribution is 7.27. The van der Waals surface area contributed by atoms with Gasteiger partial charge in [-0.1, -0.05) is 84.9 Å². The number of carboxylic acids is 1. The molecular weight excluding hydrogens is 719 g/mol. The molecule has 7 nitrogen and oxygen atoms in total. The number of nitrogens with one attached hydrogen (secondary N) is 2. The lowest BCUT2D eigenvalue weighted by atomic mass is 10.0. The zero-order chi connectivity index (χ0) is 36.5. The van der Waals surface area contributed by atoms with Gasteiger partial charge in [0.25, 0.3) is 0 Å². The summed E-state index contributed by atoms with van der Waals surface area (Å²) in [4.78, 5) is 40.3. The summed E-state index contributed by atoms with van der Waals surface area (Å²) in [6.45, 7) is 0. The van der Waals surface area contributed by atoms with Gasteiger partial charge in [-0.05, 0) is 70.5 Å². The monoisotopic (exact) mass is 753 g/mol. The van der Waals surface area contributed by atoms with E-state index in [1.165, 1.54) is 45.2 Å². The van der Waals surface area contributed by atoms with Crippen molar-refractivity contribution in [3.8, 4) is 10.4 Å². The molecule has 0 radical (unpaired) electrons. The van der Waals surface area contributed by atoms with Gasteiger partial charge in [0.1, 0.15) is 12.1 Å². The van der Waals surface area contributed by atoms with Crippen molar-refractivity contribution in [2.24, 2.45) is 5.73 Å². The highest BCUT2D eigenvalue weighted by atomic mass is 32.1. The molecule has 8 aromatic rings. The first-order chi connectivity index (χ1) is 25.8. The average molecular weight is 754 g/mol. The van der Waals surface area contributed by atoms with Crippen LogP contribution in [0.5, 0.6) is 0 Å². The molecule has 2 amide bonds. The Labute approximate surface area is 317 Å². The van der Waals surface area contributed by atoms with Crippen LogP contribution in [0.1, 0.15) is 16.7 Å². The summed E-state index contributed by atoms with van der Waals surface area (Å²) in [6.07, 6.45) is 0.555. The van der Waals surface area contributed by atoms with Crippen molar-refractivity contribution in [2.75, 3.05) is 0 Å². The van der Waals surface area contributed by atoms with Crippen molar-refractivity contribution in [2.45, 2.75) is 37.4 Å². The largest absolute Gasteiger partial charge is 0.480 e. The van der Waals surface area contributed by atoms with Crippen molar-refractivity contribution < 1.29 is 19.5 Å². The maximum Gasteiger partial charge on any atom is 0.326 e. The van der Waals surface area contributed by atoms with E-state index in [1.54, 1.807) is 22.7 Å². The number of hydrogen-bond acceptors (Lipinski definition) is 7. The van der Waals surface area contributed by atoms with Gasteiger partial charge in [0, 0.05) is 58.1 Å². The number of aliphatic carboxylic acids is 1. The van der Waals surface area contributed by atoms with Crippen molar-refractivity contribution in [3.63, 3.8) is 0 Å². The minimum atomic E-state index is -1.17. The van der Waals surface area contributed by atoms with Crippen LogP contribution >= 0.6 is 34.0 Å². The molecule has 5 aromatic carbocycles. The van der Waals surface area contributed by atoms with E-state index < -0.39 is 35.9 Å². The van der Waals surface area contributed by atoms with E-state index in [0.29, 0.717) is 0 Å². The lowest BCUT2D eigenvalue weighted by Crippen LogP contribution is -2.55. The van der Waals surface area contributed by atoms with Gasteiger partial charge in [-0.3, -0.25) is 9.59 Å². The van der Waals surface area contributed by atoms with Crippen LogP contribution in [0.2, 0.25) is 0 Å². The molecule has 53 heavy (non-hydrogen) atoms. The van der Waals surface area contributed by atoms with E-state index in [1.807, 2.05) is 84.1 Å². The number of carboxylic acid groups (broad SMARTS) is 1. The maximum atomic E-state index is 13.5. The SMILES string of the molecule is N[C@@H](Cc1ccc(-c2cc3c(ccc4sc5ccc6sccc6c5c43)s2)cc1)C(=O)N[C@H](Cc1ccccc1)C(=O)N[C@H](Cc1ccccc1)C(=O)O. The summed E-state index contributed by atoms with van der Waals surface area (Å²) in [5, 5.41) is 22.7. The molecule has 0 saturated carbocycles. The Hall–Kier alpha value is -5.39. The summed E-state index contributed by atoms with van der Waals surface area (Å²) in [6, 6.07) is 36.8. The Morgan fingerprint density at radius 1 is 0.585 bits per heavy atom. The number of nitrogens with two attached hydrogens (primary N) is 1. The molecule has 0 saturated heterocycles. The van der Waals surface area contributed by atoms with E-state index in [2.05, 4.69) is 64.5 Å². The molecule has 5 N–H and O–H groups in total. The van der Waals surface area contributed by atoms with Crippen LogP contribution in [0, 0.1) is 0 Å². The number of thiophene rings is 3. The van der Waals surface area contributed by atoms with Crippen LogP contribution in [0.3, 0.4) is 0 Å². The summed E-state index contributed by atoms with van der Waals surface area (Å²) < 4.78 is 5.13. The van der Waals surface area contributed by atoms with Gasteiger partial charge < -0.3 is 21.5 Å². The number of fused-ring (bicyclic) bond motifs is 7. The average Bonchev–Trinajstić information content (AvgIpc) is 3.92. The molecule has 0 aliphatic rings. The molecule has 264 valence electrons. The fourth-order valence-corrected chi connectivity index (χ4v) is 9.88. The van der Waals surface area contributed by atoms with Crippen molar-refractivity contribution in [1.29, 1.82) is 0 Å². The van der Waals surface area contributed by atoms with Crippen molar-refractivity contribution >= 4 is 92.1 Å². The predicted molar refractivity (Wildman–Crippen MR) is 219 cm³/mol. The van der Waals surface area contributed by atoms with Gasteiger partial charge in [-0.15, -0.1) is 34.0 Å². The van der Waals surface area contributed by atoms with E-state index in [9.17, 15) is 19.5 Å². The summed E-state index contributed by atoms with van der Waals surface area (Å²) in [5.41, 5.74) is 10.0. The van der Waals surface area contributed by atoms with Gasteiger partial charge in [-0.25, -0.2) is 4.79 Å². The van der Waals surface area contributed by atoms with E-state index >= 15 is 0 Å². The zero-order valence-corrected chi connectivity index (χ0v) is 30.9. The minimum Gasteiger partial charge on any atom is -0.480 e. The first-order valence-electron chi connectivity index (χ1n) is 17.3. The summed E-state index contributed by atoms with van der Waals surface area (Å²) in [7, 11) is 0. The molecule has 0 fully saturated rings. The van der Waals surface area contributed by atoms with Gasteiger partial charge in [0.15, 0.2) is 0 Å². The van der Waals surface area contributed by atoms with E-state index in [4.69, 9.17) is 5.73 Å². The third-order valence-corrected chi connectivity index (χ3v) is 12.7. The van der Waals surface area contributed by atoms with E-state index in [0.717, 1.165) is 22.3 Å². The smallest absolute Gasteiger partial charge is 0.326 e. The predicted octanol–water partition coefficient (Wildman–Crippen LogP) is 8.56. The maximum absolute atomic E-state index is 13.5. The molecule has 3 heterocycles. The molecule has 8 rings (SSSR count). The second kappa shape index (κ2) is 14.9. The number of carbonyl (C=O) groups excluding carboxylic acids is 2. The fourth-order valence-electron chi connectivity index (χ4n) is 6.87. The number of hydrogen-bond donors (Lipinski definition) is 4. The van der Waals surface area contributed by atoms with Crippen LogP contribution in [0.15, 0.2) is 127 Å².